The average molecular weight is 520 g/mol. The minimum atomic E-state index is -5.07. The van der Waals surface area contributed by atoms with E-state index < -0.39 is 41.2 Å². The van der Waals surface area contributed by atoms with Crippen molar-refractivity contribution in [2.24, 2.45) is 5.16 Å². The van der Waals surface area contributed by atoms with Crippen molar-refractivity contribution in [3.8, 4) is 0 Å². The van der Waals surface area contributed by atoms with Crippen molar-refractivity contribution in [3.63, 3.8) is 0 Å². The topological polar surface area (TPSA) is 41.9 Å². The standard InChI is InChI=1S/C23H19F7N2O2S/c1-35-11-19(33)32-12-20(24,13-32)15-7-5-14(6-8-15)18-10-21(34-31-18,23(28,29)30)16-3-2-4-17(9-16)22(25,26)27/h2-9H,10-13H2,1H3. The monoisotopic (exact) mass is 520 g/mol. The lowest BCUT2D eigenvalue weighted by molar-refractivity contribution is -0.276. The number of nitrogens with zero attached hydrogens (tertiary/aromatic N) is 2. The first kappa shape index (κ1) is 25.3. The van der Waals surface area contributed by atoms with Gasteiger partial charge in [-0.1, -0.05) is 41.6 Å². The molecule has 1 fully saturated rings. The van der Waals surface area contributed by atoms with Gasteiger partial charge in [-0.15, -0.1) is 0 Å². The first-order valence-corrected chi connectivity index (χ1v) is 11.7. The summed E-state index contributed by atoms with van der Waals surface area (Å²) in [6, 6.07) is 8.42. The number of benzene rings is 2. The number of oxime groups is 1. The molecule has 0 radical (unpaired) electrons. The molecular formula is C23H19F7N2O2S. The van der Waals surface area contributed by atoms with Crippen LogP contribution in [0.15, 0.2) is 53.7 Å². The van der Waals surface area contributed by atoms with Gasteiger partial charge in [0.25, 0.3) is 5.60 Å². The molecule has 1 unspecified atom stereocenters. The van der Waals surface area contributed by atoms with Crippen LogP contribution in [0.4, 0.5) is 30.7 Å². The van der Waals surface area contributed by atoms with Crippen molar-refractivity contribution in [3.05, 3.63) is 70.8 Å². The number of carbonyl (C=O) groups is 1. The Balaban J connectivity index is 1.54. The molecule has 2 aromatic carbocycles. The van der Waals surface area contributed by atoms with Crippen molar-refractivity contribution in [2.45, 2.75) is 30.0 Å². The average Bonchev–Trinajstić information content (AvgIpc) is 3.24. The fourth-order valence-electron chi connectivity index (χ4n) is 4.10. The highest BCUT2D eigenvalue weighted by atomic mass is 32.2. The van der Waals surface area contributed by atoms with Gasteiger partial charge < -0.3 is 9.74 Å². The van der Waals surface area contributed by atoms with Gasteiger partial charge >= 0.3 is 12.4 Å². The Kier molecular flexibility index (Phi) is 6.31. The minimum Gasteiger partial charge on any atom is -0.374 e. The third-order valence-electron chi connectivity index (χ3n) is 6.08. The lowest BCUT2D eigenvalue weighted by Gasteiger charge is -2.44. The van der Waals surface area contributed by atoms with Crippen LogP contribution < -0.4 is 0 Å². The van der Waals surface area contributed by atoms with Crippen LogP contribution >= 0.6 is 11.8 Å². The molecule has 4 rings (SSSR count). The first-order chi connectivity index (χ1) is 16.3. The zero-order valence-electron chi connectivity index (χ0n) is 18.2. The molecule has 1 amide bonds. The number of amides is 1. The molecule has 4 nitrogen and oxygen atoms in total. The quantitative estimate of drug-likeness (QED) is 0.478. The second-order valence-corrected chi connectivity index (χ2v) is 9.30. The predicted octanol–water partition coefficient (Wildman–Crippen LogP) is 5.66. The molecule has 35 heavy (non-hydrogen) atoms. The van der Waals surface area contributed by atoms with E-state index in [0.29, 0.717) is 12.1 Å². The Morgan fingerprint density at radius 1 is 1.06 bits per heavy atom. The number of likely N-dealkylation sites (tertiary alicyclic amines) is 1. The van der Waals surface area contributed by atoms with Crippen molar-refractivity contribution >= 4 is 23.4 Å². The van der Waals surface area contributed by atoms with Gasteiger partial charge in [-0.2, -0.15) is 38.1 Å². The molecule has 0 N–H and O–H groups in total. The van der Waals surface area contributed by atoms with Crippen molar-refractivity contribution in [1.29, 1.82) is 0 Å². The highest BCUT2D eigenvalue weighted by molar-refractivity contribution is 7.99. The third-order valence-corrected chi connectivity index (χ3v) is 6.62. The first-order valence-electron chi connectivity index (χ1n) is 10.4. The van der Waals surface area contributed by atoms with Crippen LogP contribution in [-0.2, 0) is 27.1 Å². The smallest absolute Gasteiger partial charge is 0.374 e. The van der Waals surface area contributed by atoms with Crippen LogP contribution in [0.1, 0.15) is 28.7 Å². The molecule has 0 spiro atoms. The Bertz CT molecular complexity index is 1140. The number of hydrogen-bond donors (Lipinski definition) is 0. The van der Waals surface area contributed by atoms with Gasteiger partial charge in [-0.3, -0.25) is 4.79 Å². The van der Waals surface area contributed by atoms with Gasteiger partial charge in [-0.25, -0.2) is 4.39 Å². The molecule has 0 saturated carbocycles. The molecule has 0 aromatic heterocycles. The van der Waals surface area contributed by atoms with Gasteiger partial charge in [0.15, 0.2) is 5.67 Å². The van der Waals surface area contributed by atoms with E-state index in [1.165, 1.54) is 40.9 Å². The molecule has 2 heterocycles. The summed E-state index contributed by atoms with van der Waals surface area (Å²) in [4.78, 5) is 18.0. The normalized spacial score (nSPS) is 21.8. The molecular weight excluding hydrogens is 501 g/mol. The zero-order valence-corrected chi connectivity index (χ0v) is 19.0. The fraction of sp³-hybridized carbons (Fsp3) is 0.391. The van der Waals surface area contributed by atoms with E-state index in [9.17, 15) is 31.1 Å². The van der Waals surface area contributed by atoms with Crippen molar-refractivity contribution < 1.29 is 40.4 Å². The molecule has 1 atom stereocenters. The summed E-state index contributed by atoms with van der Waals surface area (Å²) in [7, 11) is 0. The fourth-order valence-corrected chi connectivity index (χ4v) is 4.53. The summed E-state index contributed by atoms with van der Waals surface area (Å²) in [5.74, 6) is 0.0553. The van der Waals surface area contributed by atoms with Gasteiger partial charge in [-0.05, 0) is 29.5 Å². The van der Waals surface area contributed by atoms with Gasteiger partial charge in [0.2, 0.25) is 5.91 Å². The summed E-state index contributed by atoms with van der Waals surface area (Å²) in [6.45, 7) is -0.245. The Morgan fingerprint density at radius 3 is 2.29 bits per heavy atom. The number of hydrogen-bond acceptors (Lipinski definition) is 4. The Hall–Kier alpha value is -2.76. The molecule has 2 aliphatic heterocycles. The van der Waals surface area contributed by atoms with E-state index in [1.54, 1.807) is 6.26 Å². The van der Waals surface area contributed by atoms with Crippen LogP contribution in [0, 0.1) is 0 Å². The maximum Gasteiger partial charge on any atom is 0.435 e. The van der Waals surface area contributed by atoms with E-state index in [2.05, 4.69) is 5.16 Å². The summed E-state index contributed by atoms with van der Waals surface area (Å²) in [5, 5.41) is 3.54. The minimum absolute atomic E-state index is 0.122. The van der Waals surface area contributed by atoms with Gasteiger partial charge in [0.1, 0.15) is 0 Å². The van der Waals surface area contributed by atoms with E-state index in [-0.39, 0.29) is 41.6 Å². The predicted molar refractivity (Wildman–Crippen MR) is 116 cm³/mol. The molecule has 0 bridgehead atoms. The van der Waals surface area contributed by atoms with Crippen LogP contribution in [0.2, 0.25) is 0 Å². The largest absolute Gasteiger partial charge is 0.435 e. The summed E-state index contributed by atoms with van der Waals surface area (Å²) in [5.41, 5.74) is -6.48. The summed E-state index contributed by atoms with van der Waals surface area (Å²) < 4.78 is 96.7. The molecule has 188 valence electrons. The van der Waals surface area contributed by atoms with Crippen LogP contribution in [0.25, 0.3) is 0 Å². The highest BCUT2D eigenvalue weighted by Crippen LogP contribution is 2.49. The number of rotatable bonds is 5. The number of halogens is 7. The van der Waals surface area contributed by atoms with Gasteiger partial charge in [0, 0.05) is 12.0 Å². The SMILES string of the molecule is CSCC(=O)N1CC(F)(c2ccc(C3=NOC(c4cccc(C(F)(F)F)c4)(C(F)(F)F)C3)cc2)C1. The third kappa shape index (κ3) is 4.60. The molecule has 1 saturated heterocycles. The number of thioether (sulfide) groups is 1. The highest BCUT2D eigenvalue weighted by Gasteiger charge is 2.62. The number of alkyl halides is 7. The van der Waals surface area contributed by atoms with E-state index >= 15 is 4.39 Å². The maximum atomic E-state index is 15.1. The van der Waals surface area contributed by atoms with Crippen LogP contribution in [-0.4, -0.2) is 47.8 Å². The molecule has 2 aliphatic rings. The summed E-state index contributed by atoms with van der Waals surface area (Å²) in [6.07, 6.45) is -8.99. The lowest BCUT2D eigenvalue weighted by atomic mass is 9.84. The maximum absolute atomic E-state index is 15.1. The second kappa shape index (κ2) is 8.72. The van der Waals surface area contributed by atoms with Gasteiger partial charge in [0.05, 0.1) is 30.1 Å². The van der Waals surface area contributed by atoms with Crippen molar-refractivity contribution in [1.82, 2.24) is 4.90 Å². The van der Waals surface area contributed by atoms with E-state index in [1.807, 2.05) is 0 Å². The second-order valence-electron chi connectivity index (χ2n) is 8.43. The van der Waals surface area contributed by atoms with Crippen LogP contribution in [0.5, 0.6) is 0 Å². The molecule has 2 aromatic rings. The lowest BCUT2D eigenvalue weighted by Crippen LogP contribution is -2.59. The van der Waals surface area contributed by atoms with Crippen molar-refractivity contribution in [2.75, 3.05) is 25.1 Å². The van der Waals surface area contributed by atoms with E-state index in [0.717, 1.165) is 12.1 Å². The zero-order chi connectivity index (χ0) is 25.6. The Morgan fingerprint density at radius 2 is 1.71 bits per heavy atom. The number of carbonyl (C=O) groups excluding carboxylic acids is 1. The Labute approximate surface area is 200 Å². The molecule has 12 heteroatoms. The van der Waals surface area contributed by atoms with E-state index in [4.69, 9.17) is 4.84 Å². The molecule has 0 aliphatic carbocycles. The van der Waals surface area contributed by atoms with Crippen LogP contribution in [0.3, 0.4) is 0 Å². The summed E-state index contributed by atoms with van der Waals surface area (Å²) >= 11 is 1.33.